The number of carbonyl (C=O) groups is 1. The molecule has 0 saturated heterocycles. The Labute approximate surface area is 100.0 Å². The summed E-state index contributed by atoms with van der Waals surface area (Å²) in [7, 11) is 4.58. The fourth-order valence-electron chi connectivity index (χ4n) is 1.58. The van der Waals surface area contributed by atoms with Gasteiger partial charge in [0, 0.05) is 32.8 Å². The molecule has 1 rings (SSSR count). The van der Waals surface area contributed by atoms with Gasteiger partial charge in [-0.15, -0.1) is 0 Å². The van der Waals surface area contributed by atoms with Gasteiger partial charge in [0.15, 0.2) is 5.79 Å². The van der Waals surface area contributed by atoms with Gasteiger partial charge in [-0.3, -0.25) is 0 Å². The van der Waals surface area contributed by atoms with E-state index in [2.05, 4.69) is 0 Å². The summed E-state index contributed by atoms with van der Waals surface area (Å²) in [5.41, 5.74) is 0.760. The van der Waals surface area contributed by atoms with Crippen LogP contribution in [0.15, 0.2) is 35.6 Å². The van der Waals surface area contributed by atoms with Crippen molar-refractivity contribution in [1.82, 2.24) is 0 Å². The monoisotopic (exact) mass is 240 g/mol. The second kappa shape index (κ2) is 5.65. The molecule has 94 valence electrons. The van der Waals surface area contributed by atoms with Gasteiger partial charge in [0.25, 0.3) is 0 Å². The highest BCUT2D eigenvalue weighted by atomic mass is 16.7. The zero-order valence-corrected chi connectivity index (χ0v) is 10.1. The van der Waals surface area contributed by atoms with Crippen LogP contribution >= 0.6 is 0 Å². The van der Waals surface area contributed by atoms with Gasteiger partial charge in [-0.25, -0.2) is 4.79 Å². The summed E-state index contributed by atoms with van der Waals surface area (Å²) in [4.78, 5) is 10.5. The third-order valence-corrected chi connectivity index (χ3v) is 2.51. The zero-order chi connectivity index (χ0) is 12.9. The lowest BCUT2D eigenvalue weighted by Gasteiger charge is -2.31. The lowest BCUT2D eigenvalue weighted by molar-refractivity contribution is -0.170. The summed E-state index contributed by atoms with van der Waals surface area (Å²) >= 11 is 0. The number of ether oxygens (including phenoxy) is 3. The van der Waals surface area contributed by atoms with Crippen LogP contribution in [0.3, 0.4) is 0 Å². The molecule has 0 aromatic heterocycles. The van der Waals surface area contributed by atoms with Crippen LogP contribution in [0.25, 0.3) is 0 Å². The molecular formula is C12H16O5. The van der Waals surface area contributed by atoms with Crippen LogP contribution in [0.4, 0.5) is 0 Å². The Morgan fingerprint density at radius 1 is 1.41 bits per heavy atom. The second-order valence-electron chi connectivity index (χ2n) is 3.54. The lowest BCUT2D eigenvalue weighted by atomic mass is 9.97. The maximum atomic E-state index is 10.5. The molecule has 0 heterocycles. The fraction of sp³-hybridized carbons (Fsp3) is 0.417. The fourth-order valence-corrected chi connectivity index (χ4v) is 1.58. The van der Waals surface area contributed by atoms with Gasteiger partial charge in [0.05, 0.1) is 7.11 Å². The van der Waals surface area contributed by atoms with Gasteiger partial charge in [0.2, 0.25) is 0 Å². The van der Waals surface area contributed by atoms with E-state index in [9.17, 15) is 4.79 Å². The predicted octanol–water partition coefficient (Wildman–Crippen LogP) is 1.48. The van der Waals surface area contributed by atoms with Crippen LogP contribution in [0.1, 0.15) is 6.42 Å². The van der Waals surface area contributed by atoms with Crippen molar-refractivity contribution in [2.75, 3.05) is 21.3 Å². The van der Waals surface area contributed by atoms with Gasteiger partial charge in [0.1, 0.15) is 5.76 Å². The van der Waals surface area contributed by atoms with Crippen molar-refractivity contribution in [3.05, 3.63) is 35.6 Å². The molecule has 5 heteroatoms. The number of hydrogen-bond donors (Lipinski definition) is 1. The van der Waals surface area contributed by atoms with Crippen molar-refractivity contribution in [1.29, 1.82) is 0 Å². The Morgan fingerprint density at radius 3 is 2.53 bits per heavy atom. The SMILES string of the molecule is COC1=CC(OC)(OC)CC(C=CC(=O)O)=C1. The van der Waals surface area contributed by atoms with Crippen molar-refractivity contribution in [2.45, 2.75) is 12.2 Å². The van der Waals surface area contributed by atoms with Gasteiger partial charge in [-0.2, -0.15) is 0 Å². The number of carboxylic acids is 1. The first-order chi connectivity index (χ1) is 8.05. The highest BCUT2D eigenvalue weighted by Gasteiger charge is 2.31. The molecule has 5 nitrogen and oxygen atoms in total. The van der Waals surface area contributed by atoms with Crippen LogP contribution in [0.2, 0.25) is 0 Å². The van der Waals surface area contributed by atoms with Crippen molar-refractivity contribution in [2.24, 2.45) is 0 Å². The summed E-state index contributed by atoms with van der Waals surface area (Å²) in [5, 5.41) is 8.59. The summed E-state index contributed by atoms with van der Waals surface area (Å²) < 4.78 is 15.7. The first-order valence-corrected chi connectivity index (χ1v) is 5.04. The Balaban J connectivity index is 2.98. The quantitative estimate of drug-likeness (QED) is 0.582. The van der Waals surface area contributed by atoms with Crippen LogP contribution in [0.5, 0.6) is 0 Å². The van der Waals surface area contributed by atoms with Crippen molar-refractivity contribution < 1.29 is 24.1 Å². The van der Waals surface area contributed by atoms with Crippen LogP contribution in [-0.2, 0) is 19.0 Å². The van der Waals surface area contributed by atoms with Crippen LogP contribution < -0.4 is 0 Å². The standard InChI is InChI=1S/C12H16O5/c1-15-10-6-9(4-5-11(13)14)7-12(8-10,16-2)17-3/h4-6,8H,7H2,1-3H3,(H,13,14). The highest BCUT2D eigenvalue weighted by molar-refractivity contribution is 5.80. The Bertz CT molecular complexity index is 374. The van der Waals surface area contributed by atoms with E-state index in [-0.39, 0.29) is 0 Å². The molecule has 0 spiro atoms. The number of aliphatic carboxylic acids is 1. The topological polar surface area (TPSA) is 65.0 Å². The molecule has 0 unspecified atom stereocenters. The van der Waals surface area contributed by atoms with Crippen molar-refractivity contribution >= 4 is 5.97 Å². The normalized spacial score (nSPS) is 18.8. The lowest BCUT2D eigenvalue weighted by Crippen LogP contribution is -2.34. The molecule has 0 aromatic carbocycles. The minimum Gasteiger partial charge on any atom is -0.497 e. The van der Waals surface area contributed by atoms with Crippen molar-refractivity contribution in [3.8, 4) is 0 Å². The van der Waals surface area contributed by atoms with Gasteiger partial charge in [-0.1, -0.05) is 6.08 Å². The molecule has 0 saturated carbocycles. The van der Waals surface area contributed by atoms with E-state index in [4.69, 9.17) is 19.3 Å². The molecule has 0 aliphatic heterocycles. The number of allylic oxidation sites excluding steroid dienone is 2. The first kappa shape index (κ1) is 13.5. The zero-order valence-electron chi connectivity index (χ0n) is 10.1. The molecule has 0 radical (unpaired) electrons. The molecule has 0 atom stereocenters. The highest BCUT2D eigenvalue weighted by Crippen LogP contribution is 2.30. The molecule has 0 aromatic rings. The van der Waals surface area contributed by atoms with Crippen molar-refractivity contribution in [3.63, 3.8) is 0 Å². The van der Waals surface area contributed by atoms with E-state index in [1.165, 1.54) is 27.4 Å². The van der Waals surface area contributed by atoms with Crippen LogP contribution in [0, 0.1) is 0 Å². The summed E-state index contributed by atoms with van der Waals surface area (Å²) in [5.74, 6) is -1.33. The molecule has 1 aliphatic rings. The van der Waals surface area contributed by atoms with Gasteiger partial charge in [-0.05, 0) is 11.6 Å². The Kier molecular flexibility index (Phi) is 4.48. The minimum atomic E-state index is -1.00. The number of methoxy groups -OCH3 is 3. The van der Waals surface area contributed by atoms with E-state index in [1.54, 1.807) is 12.2 Å². The first-order valence-electron chi connectivity index (χ1n) is 5.04. The Hall–Kier alpha value is -1.59. The minimum absolute atomic E-state index is 0.427. The average molecular weight is 240 g/mol. The summed E-state index contributed by atoms with van der Waals surface area (Å²) in [6.45, 7) is 0. The van der Waals surface area contributed by atoms with Gasteiger partial charge >= 0.3 is 5.97 Å². The van der Waals surface area contributed by atoms with E-state index in [0.717, 1.165) is 11.6 Å². The third-order valence-electron chi connectivity index (χ3n) is 2.51. The number of hydrogen-bond acceptors (Lipinski definition) is 4. The maximum absolute atomic E-state index is 10.5. The van der Waals surface area contributed by atoms with E-state index < -0.39 is 11.8 Å². The average Bonchev–Trinajstić information content (AvgIpc) is 2.35. The molecule has 0 bridgehead atoms. The molecule has 1 N–H and O–H groups in total. The second-order valence-corrected chi connectivity index (χ2v) is 3.54. The predicted molar refractivity (Wildman–Crippen MR) is 61.3 cm³/mol. The Morgan fingerprint density at radius 2 is 2.06 bits per heavy atom. The molecule has 17 heavy (non-hydrogen) atoms. The van der Waals surface area contributed by atoms with E-state index >= 15 is 0 Å². The smallest absolute Gasteiger partial charge is 0.328 e. The van der Waals surface area contributed by atoms with E-state index in [1.807, 2.05) is 0 Å². The molecule has 0 fully saturated rings. The summed E-state index contributed by atoms with van der Waals surface area (Å²) in [6, 6.07) is 0. The largest absolute Gasteiger partial charge is 0.497 e. The maximum Gasteiger partial charge on any atom is 0.328 e. The van der Waals surface area contributed by atoms with Gasteiger partial charge < -0.3 is 19.3 Å². The third kappa shape index (κ3) is 3.44. The molecular weight excluding hydrogens is 224 g/mol. The van der Waals surface area contributed by atoms with E-state index in [0.29, 0.717) is 12.2 Å². The molecule has 1 aliphatic carbocycles. The molecule has 0 amide bonds. The number of rotatable bonds is 5. The number of carboxylic acid groups (broad SMARTS) is 1. The van der Waals surface area contributed by atoms with Crippen LogP contribution in [-0.4, -0.2) is 38.2 Å². The summed E-state index contributed by atoms with van der Waals surface area (Å²) in [6.07, 6.45) is 6.46.